The predicted molar refractivity (Wildman–Crippen MR) is 70.0 cm³/mol. The van der Waals surface area contributed by atoms with Gasteiger partial charge in [0.15, 0.2) is 0 Å². The van der Waals surface area contributed by atoms with Gasteiger partial charge in [0, 0.05) is 25.3 Å². The molecule has 2 heteroatoms. The van der Waals surface area contributed by atoms with Crippen molar-refractivity contribution in [2.24, 2.45) is 5.73 Å². The number of anilines is 1. The van der Waals surface area contributed by atoms with Crippen molar-refractivity contribution in [3.8, 4) is 0 Å². The van der Waals surface area contributed by atoms with Gasteiger partial charge >= 0.3 is 0 Å². The number of benzene rings is 1. The number of nitrogens with two attached hydrogens (primary N) is 1. The van der Waals surface area contributed by atoms with Crippen LogP contribution in [0.2, 0.25) is 0 Å². The molecule has 1 aliphatic carbocycles. The van der Waals surface area contributed by atoms with Crippen molar-refractivity contribution in [2.45, 2.75) is 38.1 Å². The van der Waals surface area contributed by atoms with Crippen LogP contribution in [0.4, 0.5) is 5.69 Å². The molecule has 0 unspecified atom stereocenters. The molecule has 0 radical (unpaired) electrons. The van der Waals surface area contributed by atoms with Crippen LogP contribution in [-0.4, -0.2) is 19.6 Å². The normalized spacial score (nSPS) is 17.2. The van der Waals surface area contributed by atoms with E-state index in [1.807, 2.05) is 0 Å². The molecule has 88 valence electrons. The first kappa shape index (κ1) is 11.5. The molecule has 2 nitrogen and oxygen atoms in total. The average molecular weight is 218 g/mol. The molecule has 0 aromatic heterocycles. The molecule has 0 atom stereocenters. The number of aryl methyl sites for hydroxylation is 1. The van der Waals surface area contributed by atoms with Crippen LogP contribution in [0.25, 0.3) is 0 Å². The third-order valence-corrected chi connectivity index (χ3v) is 3.47. The Kier molecular flexibility index (Phi) is 2.94. The van der Waals surface area contributed by atoms with E-state index in [0.29, 0.717) is 0 Å². The lowest BCUT2D eigenvalue weighted by atomic mass is 9.99. The van der Waals surface area contributed by atoms with E-state index in [2.05, 4.69) is 44.1 Å². The molecule has 0 amide bonds. The molecule has 1 aromatic carbocycles. The van der Waals surface area contributed by atoms with Crippen LogP contribution in [0.1, 0.15) is 30.9 Å². The zero-order valence-electron chi connectivity index (χ0n) is 10.6. The number of hydrogen-bond donors (Lipinski definition) is 1. The van der Waals surface area contributed by atoms with Gasteiger partial charge in [-0.05, 0) is 42.9 Å². The van der Waals surface area contributed by atoms with Crippen LogP contribution in [-0.2, 0) is 12.8 Å². The molecule has 0 aliphatic heterocycles. The van der Waals surface area contributed by atoms with Gasteiger partial charge in [-0.2, -0.15) is 0 Å². The third kappa shape index (κ3) is 2.38. The van der Waals surface area contributed by atoms with Gasteiger partial charge in [0.1, 0.15) is 0 Å². The van der Waals surface area contributed by atoms with Crippen LogP contribution in [0.5, 0.6) is 0 Å². The molecule has 0 bridgehead atoms. The quantitative estimate of drug-likeness (QED) is 0.840. The van der Waals surface area contributed by atoms with Crippen molar-refractivity contribution in [2.75, 3.05) is 19.0 Å². The highest BCUT2D eigenvalue weighted by atomic mass is 15.1. The molecule has 1 fully saturated rings. The van der Waals surface area contributed by atoms with E-state index in [9.17, 15) is 0 Å². The summed E-state index contributed by atoms with van der Waals surface area (Å²) in [5.41, 5.74) is 10.4. The van der Waals surface area contributed by atoms with Crippen molar-refractivity contribution < 1.29 is 0 Å². The molecule has 0 heterocycles. The highest BCUT2D eigenvalue weighted by molar-refractivity contribution is 5.55. The summed E-state index contributed by atoms with van der Waals surface area (Å²) in [4.78, 5) is 2.18. The molecular weight excluding hydrogens is 196 g/mol. The van der Waals surface area contributed by atoms with Crippen molar-refractivity contribution in [1.82, 2.24) is 0 Å². The number of rotatable bonds is 4. The van der Waals surface area contributed by atoms with E-state index in [1.54, 1.807) is 0 Å². The van der Waals surface area contributed by atoms with Crippen LogP contribution in [0.15, 0.2) is 18.2 Å². The van der Waals surface area contributed by atoms with Crippen molar-refractivity contribution in [1.29, 1.82) is 0 Å². The molecule has 0 spiro atoms. The van der Waals surface area contributed by atoms with E-state index in [1.165, 1.54) is 29.7 Å². The molecular formula is C14H22N2. The maximum Gasteiger partial charge on any atom is 0.0394 e. The van der Waals surface area contributed by atoms with Gasteiger partial charge < -0.3 is 10.6 Å². The third-order valence-electron chi connectivity index (χ3n) is 3.47. The van der Waals surface area contributed by atoms with Gasteiger partial charge in [0.25, 0.3) is 0 Å². The largest absolute Gasteiger partial charge is 0.377 e. The fourth-order valence-electron chi connectivity index (χ4n) is 2.15. The minimum Gasteiger partial charge on any atom is -0.377 e. The maximum atomic E-state index is 6.22. The summed E-state index contributed by atoms with van der Waals surface area (Å²) in [7, 11) is 4.20. The first-order valence-electron chi connectivity index (χ1n) is 6.12. The van der Waals surface area contributed by atoms with Gasteiger partial charge in [-0.15, -0.1) is 0 Å². The molecule has 1 saturated carbocycles. The van der Waals surface area contributed by atoms with Gasteiger partial charge in [0.05, 0.1) is 0 Å². The molecule has 0 saturated heterocycles. The van der Waals surface area contributed by atoms with Crippen LogP contribution < -0.4 is 10.6 Å². The summed E-state index contributed by atoms with van der Waals surface area (Å²) in [5.74, 6) is 0. The smallest absolute Gasteiger partial charge is 0.0394 e. The van der Waals surface area contributed by atoms with Crippen LogP contribution in [0, 0.1) is 0 Å². The van der Waals surface area contributed by atoms with Gasteiger partial charge in [0.2, 0.25) is 0 Å². The lowest BCUT2D eigenvalue weighted by Crippen LogP contribution is -2.26. The fourth-order valence-corrected chi connectivity index (χ4v) is 2.15. The molecule has 2 rings (SSSR count). The second-order valence-corrected chi connectivity index (χ2v) is 5.25. The summed E-state index contributed by atoms with van der Waals surface area (Å²) < 4.78 is 0. The van der Waals surface area contributed by atoms with Crippen molar-refractivity contribution in [3.05, 3.63) is 29.3 Å². The van der Waals surface area contributed by atoms with E-state index in [0.717, 1.165) is 12.8 Å². The van der Waals surface area contributed by atoms with E-state index in [4.69, 9.17) is 5.73 Å². The Hall–Kier alpha value is -1.02. The van der Waals surface area contributed by atoms with Crippen LogP contribution >= 0.6 is 0 Å². The lowest BCUT2D eigenvalue weighted by molar-refractivity contribution is 0.671. The summed E-state index contributed by atoms with van der Waals surface area (Å²) in [6.07, 6.45) is 4.47. The van der Waals surface area contributed by atoms with Gasteiger partial charge in [-0.25, -0.2) is 0 Å². The Balaban J connectivity index is 2.30. The first-order valence-corrected chi connectivity index (χ1v) is 6.12. The summed E-state index contributed by atoms with van der Waals surface area (Å²) in [6.45, 7) is 2.20. The standard InChI is InChI=1S/C14H22N2/c1-4-11-5-6-13(16(2)3)12(9-11)10-14(15)7-8-14/h5-6,9H,4,7-8,10,15H2,1-3H3. The summed E-state index contributed by atoms with van der Waals surface area (Å²) >= 11 is 0. The molecule has 1 aliphatic rings. The summed E-state index contributed by atoms with van der Waals surface area (Å²) in [6, 6.07) is 6.76. The Morgan fingerprint density at radius 1 is 1.31 bits per heavy atom. The Bertz CT molecular complexity index is 378. The fraction of sp³-hybridized carbons (Fsp3) is 0.571. The van der Waals surface area contributed by atoms with Gasteiger partial charge in [-0.1, -0.05) is 19.1 Å². The Labute approximate surface area is 98.4 Å². The Morgan fingerprint density at radius 2 is 2.00 bits per heavy atom. The van der Waals surface area contributed by atoms with E-state index in [-0.39, 0.29) is 5.54 Å². The predicted octanol–water partition coefficient (Wildman–Crippen LogP) is 2.35. The van der Waals surface area contributed by atoms with Crippen molar-refractivity contribution in [3.63, 3.8) is 0 Å². The molecule has 1 aromatic rings. The maximum absolute atomic E-state index is 6.22. The van der Waals surface area contributed by atoms with E-state index < -0.39 is 0 Å². The summed E-state index contributed by atoms with van der Waals surface area (Å²) in [5, 5.41) is 0. The SMILES string of the molecule is CCc1ccc(N(C)C)c(CC2(N)CC2)c1. The second-order valence-electron chi connectivity index (χ2n) is 5.25. The first-order chi connectivity index (χ1) is 7.54. The molecule has 2 N–H and O–H groups in total. The highest BCUT2D eigenvalue weighted by Crippen LogP contribution is 2.37. The number of hydrogen-bond acceptors (Lipinski definition) is 2. The lowest BCUT2D eigenvalue weighted by Gasteiger charge is -2.20. The average Bonchev–Trinajstić information content (AvgIpc) is 2.95. The zero-order chi connectivity index (χ0) is 11.8. The topological polar surface area (TPSA) is 29.3 Å². The Morgan fingerprint density at radius 3 is 2.50 bits per heavy atom. The molecule has 16 heavy (non-hydrogen) atoms. The second kappa shape index (κ2) is 4.10. The number of nitrogens with zero attached hydrogens (tertiary/aromatic N) is 1. The van der Waals surface area contributed by atoms with Crippen LogP contribution in [0.3, 0.4) is 0 Å². The minimum atomic E-state index is 0.0944. The van der Waals surface area contributed by atoms with E-state index >= 15 is 0 Å². The zero-order valence-corrected chi connectivity index (χ0v) is 10.6. The van der Waals surface area contributed by atoms with Gasteiger partial charge in [-0.3, -0.25) is 0 Å². The minimum absolute atomic E-state index is 0.0944. The highest BCUT2D eigenvalue weighted by Gasteiger charge is 2.38. The monoisotopic (exact) mass is 218 g/mol. The van der Waals surface area contributed by atoms with Crippen molar-refractivity contribution >= 4 is 5.69 Å².